The lowest BCUT2D eigenvalue weighted by Crippen LogP contribution is -2.07. The summed E-state index contributed by atoms with van der Waals surface area (Å²) in [5.74, 6) is 1.29. The Kier molecular flexibility index (Phi) is 5.19. The van der Waals surface area contributed by atoms with Gasteiger partial charge in [0.2, 0.25) is 0 Å². The molecule has 7 heteroatoms. The third-order valence-electron chi connectivity index (χ3n) is 2.57. The Labute approximate surface area is 131 Å². The average molecular weight is 324 g/mol. The highest BCUT2D eigenvalue weighted by atomic mass is 32.2. The first-order chi connectivity index (χ1) is 9.95. The smallest absolute Gasteiger partial charge is 0.270 e. The van der Waals surface area contributed by atoms with Gasteiger partial charge in [-0.15, -0.1) is 11.3 Å². The van der Waals surface area contributed by atoms with E-state index in [1.165, 1.54) is 6.07 Å². The number of nitro groups is 1. The molecule has 0 saturated carbocycles. The van der Waals surface area contributed by atoms with E-state index in [0.29, 0.717) is 11.5 Å². The first-order valence-electron chi connectivity index (χ1n) is 6.44. The maximum Gasteiger partial charge on any atom is 0.270 e. The van der Waals surface area contributed by atoms with E-state index in [2.05, 4.69) is 4.98 Å². The normalized spacial score (nSPS) is 10.9. The minimum Gasteiger partial charge on any atom is -0.491 e. The summed E-state index contributed by atoms with van der Waals surface area (Å²) in [6.45, 7) is 5.81. The second-order valence-electron chi connectivity index (χ2n) is 4.76. The molecule has 0 spiro atoms. The summed E-state index contributed by atoms with van der Waals surface area (Å²) < 4.78 is 6.67. The van der Waals surface area contributed by atoms with Gasteiger partial charge in [-0.05, 0) is 26.8 Å². The number of thiazole rings is 1. The van der Waals surface area contributed by atoms with Crippen molar-refractivity contribution in [3.63, 3.8) is 0 Å². The minimum absolute atomic E-state index is 0.0253. The number of hydrogen-bond acceptors (Lipinski definition) is 6. The van der Waals surface area contributed by atoms with Crippen molar-refractivity contribution >= 4 is 28.8 Å². The predicted molar refractivity (Wildman–Crippen MR) is 85.3 cm³/mol. The largest absolute Gasteiger partial charge is 0.491 e. The summed E-state index contributed by atoms with van der Waals surface area (Å²) in [6.07, 6.45) is 0.0253. The molecule has 0 N–H and O–H groups in total. The molecule has 2 rings (SSSR count). The van der Waals surface area contributed by atoms with Crippen LogP contribution in [-0.4, -0.2) is 16.0 Å². The SMILES string of the molecule is Cc1csc(SCc2cc([N+](=O)[O-])ccc2OC(C)C)n1. The van der Waals surface area contributed by atoms with Crippen LogP contribution in [0.3, 0.4) is 0 Å². The molecule has 5 nitrogen and oxygen atoms in total. The predicted octanol–water partition coefficient (Wildman–Crippen LogP) is 4.44. The van der Waals surface area contributed by atoms with Crippen molar-refractivity contribution in [1.29, 1.82) is 0 Å². The van der Waals surface area contributed by atoms with Crippen LogP contribution < -0.4 is 4.74 Å². The van der Waals surface area contributed by atoms with Gasteiger partial charge in [0.25, 0.3) is 5.69 Å². The maximum absolute atomic E-state index is 10.9. The molecule has 0 aliphatic heterocycles. The molecule has 1 aromatic carbocycles. The van der Waals surface area contributed by atoms with Gasteiger partial charge in [0.15, 0.2) is 0 Å². The van der Waals surface area contributed by atoms with E-state index in [4.69, 9.17) is 4.74 Å². The Bertz CT molecular complexity index is 641. The van der Waals surface area contributed by atoms with Gasteiger partial charge >= 0.3 is 0 Å². The Morgan fingerprint density at radius 2 is 2.24 bits per heavy atom. The molecule has 0 fully saturated rings. The zero-order chi connectivity index (χ0) is 15.4. The van der Waals surface area contributed by atoms with Gasteiger partial charge in [-0.1, -0.05) is 11.8 Å². The number of nitro benzene ring substituents is 1. The molecule has 1 aromatic heterocycles. The second-order valence-corrected chi connectivity index (χ2v) is 6.84. The fourth-order valence-corrected chi connectivity index (χ4v) is 3.53. The number of rotatable bonds is 6. The Morgan fingerprint density at radius 3 is 2.81 bits per heavy atom. The zero-order valence-corrected chi connectivity index (χ0v) is 13.7. The third-order valence-corrected chi connectivity index (χ3v) is 4.75. The van der Waals surface area contributed by atoms with Crippen LogP contribution in [0.5, 0.6) is 5.75 Å². The van der Waals surface area contributed by atoms with Crippen LogP contribution in [-0.2, 0) is 5.75 Å². The fraction of sp³-hybridized carbons (Fsp3) is 0.357. The van der Waals surface area contributed by atoms with Crippen molar-refractivity contribution in [2.24, 2.45) is 0 Å². The van der Waals surface area contributed by atoms with Crippen molar-refractivity contribution in [3.05, 3.63) is 45.0 Å². The summed E-state index contributed by atoms with van der Waals surface area (Å²) in [7, 11) is 0. The summed E-state index contributed by atoms with van der Waals surface area (Å²) in [4.78, 5) is 14.9. The molecular formula is C14H16N2O3S2. The molecule has 21 heavy (non-hydrogen) atoms. The van der Waals surface area contributed by atoms with Gasteiger partial charge in [-0.2, -0.15) is 0 Å². The van der Waals surface area contributed by atoms with Crippen LogP contribution in [0.15, 0.2) is 27.9 Å². The number of thioether (sulfide) groups is 1. The molecule has 0 radical (unpaired) electrons. The molecule has 1 heterocycles. The van der Waals surface area contributed by atoms with E-state index in [0.717, 1.165) is 15.6 Å². The number of aromatic nitrogens is 1. The summed E-state index contributed by atoms with van der Waals surface area (Å²) in [5, 5.41) is 12.9. The van der Waals surface area contributed by atoms with E-state index in [1.54, 1.807) is 35.2 Å². The van der Waals surface area contributed by atoms with E-state index >= 15 is 0 Å². The fourth-order valence-electron chi connectivity index (χ4n) is 1.70. The van der Waals surface area contributed by atoms with Crippen molar-refractivity contribution in [1.82, 2.24) is 4.98 Å². The van der Waals surface area contributed by atoms with Crippen molar-refractivity contribution in [3.8, 4) is 5.75 Å². The average Bonchev–Trinajstić information content (AvgIpc) is 2.82. The van der Waals surface area contributed by atoms with E-state index in [-0.39, 0.29) is 16.7 Å². The molecule has 0 amide bonds. The third kappa shape index (κ3) is 4.44. The summed E-state index contributed by atoms with van der Waals surface area (Å²) in [6, 6.07) is 4.71. The van der Waals surface area contributed by atoms with Crippen LogP contribution in [0.4, 0.5) is 5.69 Å². The number of ether oxygens (including phenoxy) is 1. The summed E-state index contributed by atoms with van der Waals surface area (Å²) >= 11 is 3.14. The molecule has 0 unspecified atom stereocenters. The van der Waals surface area contributed by atoms with Crippen LogP contribution >= 0.6 is 23.1 Å². The number of nitrogens with zero attached hydrogens (tertiary/aromatic N) is 2. The quantitative estimate of drug-likeness (QED) is 0.446. The first kappa shape index (κ1) is 15.8. The standard InChI is InChI=1S/C14H16N2O3S2/c1-9(2)19-13-5-4-12(16(17)18)6-11(13)8-21-14-15-10(3)7-20-14/h4-7,9H,8H2,1-3H3. The van der Waals surface area contributed by atoms with Crippen LogP contribution in [0.1, 0.15) is 25.1 Å². The Hall–Kier alpha value is -1.60. The molecule has 2 aromatic rings. The Morgan fingerprint density at radius 1 is 1.48 bits per heavy atom. The number of hydrogen-bond donors (Lipinski definition) is 0. The zero-order valence-electron chi connectivity index (χ0n) is 12.0. The first-order valence-corrected chi connectivity index (χ1v) is 8.31. The Balaban J connectivity index is 2.20. The lowest BCUT2D eigenvalue weighted by molar-refractivity contribution is -0.384. The second kappa shape index (κ2) is 6.91. The van der Waals surface area contributed by atoms with Gasteiger partial charge < -0.3 is 4.74 Å². The highest BCUT2D eigenvalue weighted by Crippen LogP contribution is 2.32. The molecule has 0 aliphatic rings. The van der Waals surface area contributed by atoms with Gasteiger partial charge in [0.1, 0.15) is 10.1 Å². The summed E-state index contributed by atoms with van der Waals surface area (Å²) in [5.41, 5.74) is 1.88. The van der Waals surface area contributed by atoms with Crippen LogP contribution in [0, 0.1) is 17.0 Å². The minimum atomic E-state index is -0.388. The molecular weight excluding hydrogens is 308 g/mol. The monoisotopic (exact) mass is 324 g/mol. The van der Waals surface area contributed by atoms with Crippen molar-refractivity contribution in [2.45, 2.75) is 37.0 Å². The van der Waals surface area contributed by atoms with E-state index < -0.39 is 0 Å². The number of benzene rings is 1. The molecule has 112 valence electrons. The maximum atomic E-state index is 10.9. The number of aryl methyl sites for hydroxylation is 1. The van der Waals surface area contributed by atoms with Crippen molar-refractivity contribution in [2.75, 3.05) is 0 Å². The van der Waals surface area contributed by atoms with Crippen LogP contribution in [0.25, 0.3) is 0 Å². The van der Waals surface area contributed by atoms with E-state index in [9.17, 15) is 10.1 Å². The van der Waals surface area contributed by atoms with E-state index in [1.807, 2.05) is 26.2 Å². The highest BCUT2D eigenvalue weighted by molar-refractivity contribution is 8.00. The molecule has 0 saturated heterocycles. The lowest BCUT2D eigenvalue weighted by atomic mass is 10.2. The van der Waals surface area contributed by atoms with Gasteiger partial charge in [0, 0.05) is 34.5 Å². The molecule has 0 bridgehead atoms. The number of non-ortho nitro benzene ring substituents is 1. The lowest BCUT2D eigenvalue weighted by Gasteiger charge is -2.13. The topological polar surface area (TPSA) is 65.3 Å². The van der Waals surface area contributed by atoms with Gasteiger partial charge in [0.05, 0.1) is 11.0 Å². The van der Waals surface area contributed by atoms with Gasteiger partial charge in [-0.3, -0.25) is 10.1 Å². The van der Waals surface area contributed by atoms with Crippen molar-refractivity contribution < 1.29 is 9.66 Å². The highest BCUT2D eigenvalue weighted by Gasteiger charge is 2.13. The molecule has 0 aliphatic carbocycles. The van der Waals surface area contributed by atoms with Gasteiger partial charge in [-0.25, -0.2) is 4.98 Å². The van der Waals surface area contributed by atoms with Crippen LogP contribution in [0.2, 0.25) is 0 Å². The molecule has 0 atom stereocenters.